The SMILES string of the molecule is Cc1cc(CN(C)CCOCCO)oc1C(=O)O. The van der Waals surface area contributed by atoms with Crippen molar-refractivity contribution in [2.75, 3.05) is 33.4 Å². The zero-order chi connectivity index (χ0) is 13.5. The fourth-order valence-corrected chi connectivity index (χ4v) is 1.57. The molecule has 18 heavy (non-hydrogen) atoms. The highest BCUT2D eigenvalue weighted by Gasteiger charge is 2.15. The van der Waals surface area contributed by atoms with E-state index in [2.05, 4.69) is 0 Å². The number of furan rings is 1. The molecule has 0 bridgehead atoms. The van der Waals surface area contributed by atoms with Gasteiger partial charge in [-0.05, 0) is 20.0 Å². The number of carbonyl (C=O) groups is 1. The zero-order valence-electron chi connectivity index (χ0n) is 10.7. The van der Waals surface area contributed by atoms with Crippen molar-refractivity contribution in [1.82, 2.24) is 4.90 Å². The van der Waals surface area contributed by atoms with E-state index >= 15 is 0 Å². The number of likely N-dealkylation sites (N-methyl/N-ethyl adjacent to an activating group) is 1. The third-order valence-corrected chi connectivity index (χ3v) is 2.44. The van der Waals surface area contributed by atoms with Gasteiger partial charge in [0.25, 0.3) is 0 Å². The van der Waals surface area contributed by atoms with Gasteiger partial charge in [-0.15, -0.1) is 0 Å². The van der Waals surface area contributed by atoms with Crippen LogP contribution in [0.15, 0.2) is 10.5 Å². The minimum Gasteiger partial charge on any atom is -0.475 e. The van der Waals surface area contributed by atoms with Crippen molar-refractivity contribution >= 4 is 5.97 Å². The Morgan fingerprint density at radius 2 is 2.22 bits per heavy atom. The molecule has 0 atom stereocenters. The first-order valence-electron chi connectivity index (χ1n) is 5.74. The minimum atomic E-state index is -1.05. The van der Waals surface area contributed by atoms with Crippen molar-refractivity contribution in [3.8, 4) is 0 Å². The van der Waals surface area contributed by atoms with Gasteiger partial charge in [0.05, 0.1) is 26.4 Å². The van der Waals surface area contributed by atoms with E-state index in [4.69, 9.17) is 19.4 Å². The van der Waals surface area contributed by atoms with Crippen molar-refractivity contribution < 1.29 is 24.2 Å². The van der Waals surface area contributed by atoms with Crippen LogP contribution in [-0.4, -0.2) is 54.5 Å². The lowest BCUT2D eigenvalue weighted by Gasteiger charge is -2.14. The lowest BCUT2D eigenvalue weighted by molar-refractivity contribution is 0.0652. The molecule has 0 aliphatic rings. The molecule has 0 unspecified atom stereocenters. The van der Waals surface area contributed by atoms with Crippen molar-refractivity contribution in [3.63, 3.8) is 0 Å². The Kier molecular flexibility index (Phi) is 5.84. The van der Waals surface area contributed by atoms with Crippen LogP contribution in [0, 0.1) is 6.92 Å². The molecule has 0 fully saturated rings. The van der Waals surface area contributed by atoms with Crippen LogP contribution in [0.3, 0.4) is 0 Å². The second kappa shape index (κ2) is 7.15. The summed E-state index contributed by atoms with van der Waals surface area (Å²) in [7, 11) is 1.89. The normalized spacial score (nSPS) is 11.1. The number of aliphatic hydroxyl groups excluding tert-OH is 1. The molecule has 1 aromatic rings. The van der Waals surface area contributed by atoms with E-state index in [1.807, 2.05) is 11.9 Å². The molecule has 0 amide bonds. The highest BCUT2D eigenvalue weighted by molar-refractivity contribution is 5.86. The number of nitrogens with zero attached hydrogens (tertiary/aromatic N) is 1. The van der Waals surface area contributed by atoms with Crippen LogP contribution in [0.4, 0.5) is 0 Å². The zero-order valence-corrected chi connectivity index (χ0v) is 10.7. The molecule has 102 valence electrons. The summed E-state index contributed by atoms with van der Waals surface area (Å²) in [5, 5.41) is 17.4. The van der Waals surface area contributed by atoms with Gasteiger partial charge in [-0.1, -0.05) is 0 Å². The average Bonchev–Trinajstić information content (AvgIpc) is 2.66. The van der Waals surface area contributed by atoms with Gasteiger partial charge in [0, 0.05) is 12.1 Å². The Morgan fingerprint density at radius 1 is 1.50 bits per heavy atom. The Hall–Kier alpha value is -1.37. The summed E-state index contributed by atoms with van der Waals surface area (Å²) < 4.78 is 10.4. The molecule has 0 spiro atoms. The molecule has 0 radical (unpaired) electrons. The highest BCUT2D eigenvalue weighted by Crippen LogP contribution is 2.15. The molecule has 6 heteroatoms. The largest absolute Gasteiger partial charge is 0.475 e. The summed E-state index contributed by atoms with van der Waals surface area (Å²) in [5.41, 5.74) is 0.627. The van der Waals surface area contributed by atoms with E-state index in [0.717, 1.165) is 0 Å². The second-order valence-electron chi connectivity index (χ2n) is 4.10. The number of carboxylic acid groups (broad SMARTS) is 1. The maximum Gasteiger partial charge on any atom is 0.372 e. The van der Waals surface area contributed by atoms with Crippen molar-refractivity contribution in [2.45, 2.75) is 13.5 Å². The van der Waals surface area contributed by atoms with E-state index in [-0.39, 0.29) is 12.4 Å². The highest BCUT2D eigenvalue weighted by atomic mass is 16.5. The van der Waals surface area contributed by atoms with Crippen LogP contribution < -0.4 is 0 Å². The Balaban J connectivity index is 2.42. The Morgan fingerprint density at radius 3 is 2.78 bits per heavy atom. The van der Waals surface area contributed by atoms with E-state index in [9.17, 15) is 4.79 Å². The lowest BCUT2D eigenvalue weighted by Crippen LogP contribution is -2.23. The molecule has 1 rings (SSSR count). The molecular weight excluding hydrogens is 238 g/mol. The standard InChI is InChI=1S/C12H19NO5/c1-9-7-10(18-11(9)12(15)16)8-13(2)3-5-17-6-4-14/h7,14H,3-6,8H2,1-2H3,(H,15,16). The summed E-state index contributed by atoms with van der Waals surface area (Å²) in [6.07, 6.45) is 0. The lowest BCUT2D eigenvalue weighted by atomic mass is 10.2. The van der Waals surface area contributed by atoms with Crippen LogP contribution in [0.2, 0.25) is 0 Å². The fraction of sp³-hybridized carbons (Fsp3) is 0.583. The van der Waals surface area contributed by atoms with E-state index in [1.54, 1.807) is 13.0 Å². The first-order chi connectivity index (χ1) is 8.54. The number of ether oxygens (including phenoxy) is 1. The molecule has 0 saturated heterocycles. The molecule has 0 aliphatic carbocycles. The smallest absolute Gasteiger partial charge is 0.372 e. The van der Waals surface area contributed by atoms with Crippen LogP contribution in [0.1, 0.15) is 21.9 Å². The predicted octanol–water partition coefficient (Wildman–Crippen LogP) is 0.727. The maximum atomic E-state index is 10.8. The van der Waals surface area contributed by atoms with Gasteiger partial charge in [0.15, 0.2) is 0 Å². The number of aromatic carboxylic acids is 1. The van der Waals surface area contributed by atoms with Gasteiger partial charge in [-0.2, -0.15) is 0 Å². The van der Waals surface area contributed by atoms with Crippen molar-refractivity contribution in [3.05, 3.63) is 23.2 Å². The van der Waals surface area contributed by atoms with Gasteiger partial charge in [-0.25, -0.2) is 4.79 Å². The van der Waals surface area contributed by atoms with Gasteiger partial charge in [0.1, 0.15) is 5.76 Å². The van der Waals surface area contributed by atoms with Gasteiger partial charge in [-0.3, -0.25) is 4.90 Å². The van der Waals surface area contributed by atoms with Crippen LogP contribution in [0.25, 0.3) is 0 Å². The number of carboxylic acids is 1. The van der Waals surface area contributed by atoms with Crippen LogP contribution >= 0.6 is 0 Å². The fourth-order valence-electron chi connectivity index (χ4n) is 1.57. The first-order valence-corrected chi connectivity index (χ1v) is 5.74. The monoisotopic (exact) mass is 257 g/mol. The van der Waals surface area contributed by atoms with Crippen LogP contribution in [-0.2, 0) is 11.3 Å². The molecule has 2 N–H and O–H groups in total. The summed E-state index contributed by atoms with van der Waals surface area (Å²) in [4.78, 5) is 12.8. The number of aliphatic hydroxyl groups is 1. The summed E-state index contributed by atoms with van der Waals surface area (Å²) in [6.45, 7) is 3.78. The third kappa shape index (κ3) is 4.48. The number of hydrogen-bond donors (Lipinski definition) is 2. The summed E-state index contributed by atoms with van der Waals surface area (Å²) in [6, 6.07) is 1.73. The summed E-state index contributed by atoms with van der Waals surface area (Å²) in [5.74, 6) is -0.433. The topological polar surface area (TPSA) is 83.1 Å². The van der Waals surface area contributed by atoms with Crippen molar-refractivity contribution in [2.24, 2.45) is 0 Å². The number of hydrogen-bond acceptors (Lipinski definition) is 5. The van der Waals surface area contributed by atoms with Gasteiger partial charge >= 0.3 is 5.97 Å². The molecule has 0 saturated carbocycles. The quantitative estimate of drug-likeness (QED) is 0.668. The summed E-state index contributed by atoms with van der Waals surface area (Å²) >= 11 is 0. The third-order valence-electron chi connectivity index (χ3n) is 2.44. The predicted molar refractivity (Wildman–Crippen MR) is 64.6 cm³/mol. The van der Waals surface area contributed by atoms with Gasteiger partial charge in [0.2, 0.25) is 5.76 Å². The number of aryl methyl sites for hydroxylation is 1. The number of rotatable bonds is 8. The Bertz CT molecular complexity index is 388. The molecule has 0 aliphatic heterocycles. The molecular formula is C12H19NO5. The minimum absolute atomic E-state index is 0.00469. The van der Waals surface area contributed by atoms with E-state index in [1.165, 1.54) is 0 Å². The molecule has 1 aromatic heterocycles. The first kappa shape index (κ1) is 14.7. The van der Waals surface area contributed by atoms with E-state index < -0.39 is 5.97 Å². The molecule has 1 heterocycles. The van der Waals surface area contributed by atoms with Gasteiger partial charge < -0.3 is 19.4 Å². The van der Waals surface area contributed by atoms with Crippen molar-refractivity contribution in [1.29, 1.82) is 0 Å². The second-order valence-corrected chi connectivity index (χ2v) is 4.10. The Labute approximate surface area is 106 Å². The maximum absolute atomic E-state index is 10.8. The average molecular weight is 257 g/mol. The van der Waals surface area contributed by atoms with Crippen LogP contribution in [0.5, 0.6) is 0 Å². The van der Waals surface area contributed by atoms with E-state index in [0.29, 0.717) is 37.6 Å². The molecule has 6 nitrogen and oxygen atoms in total. The molecule has 0 aromatic carbocycles.